The summed E-state index contributed by atoms with van der Waals surface area (Å²) in [6.45, 7) is 4.20. The molecule has 1 saturated heterocycles. The van der Waals surface area contributed by atoms with Crippen molar-refractivity contribution in [3.8, 4) is 0 Å². The number of amides is 1. The van der Waals surface area contributed by atoms with Gasteiger partial charge in [-0.15, -0.1) is 0 Å². The molecule has 3 rings (SSSR count). The number of rotatable bonds is 1. The van der Waals surface area contributed by atoms with Gasteiger partial charge in [-0.3, -0.25) is 4.79 Å². The fraction of sp³-hybridized carbons (Fsp3) is 0.929. The van der Waals surface area contributed by atoms with E-state index in [1.165, 1.54) is 32.1 Å². The van der Waals surface area contributed by atoms with Crippen LogP contribution < -0.4 is 5.73 Å². The van der Waals surface area contributed by atoms with Crippen LogP contribution in [0.15, 0.2) is 0 Å². The molecule has 1 amide bonds. The number of carbonyl (C=O) groups is 1. The van der Waals surface area contributed by atoms with Gasteiger partial charge in [-0.2, -0.15) is 0 Å². The third-order valence-electron chi connectivity index (χ3n) is 5.36. The molecule has 17 heavy (non-hydrogen) atoms. The molecule has 0 aromatic heterocycles. The van der Waals surface area contributed by atoms with E-state index in [0.717, 1.165) is 19.0 Å². The Kier molecular flexibility index (Phi) is 2.89. The van der Waals surface area contributed by atoms with Gasteiger partial charge in [-0.25, -0.2) is 0 Å². The van der Waals surface area contributed by atoms with E-state index in [0.29, 0.717) is 17.7 Å². The van der Waals surface area contributed by atoms with Crippen LogP contribution in [0, 0.1) is 23.7 Å². The molecule has 3 aliphatic rings. The highest BCUT2D eigenvalue weighted by atomic mass is 16.2. The molecule has 96 valence electrons. The Morgan fingerprint density at radius 3 is 2.35 bits per heavy atom. The van der Waals surface area contributed by atoms with Crippen LogP contribution in [0.1, 0.15) is 39.0 Å². The summed E-state index contributed by atoms with van der Waals surface area (Å²) >= 11 is 0. The summed E-state index contributed by atoms with van der Waals surface area (Å²) in [5, 5.41) is 0. The van der Waals surface area contributed by atoms with Gasteiger partial charge in [0.25, 0.3) is 0 Å². The van der Waals surface area contributed by atoms with Crippen molar-refractivity contribution in [3.05, 3.63) is 0 Å². The molecular formula is C14H24N2O. The van der Waals surface area contributed by atoms with E-state index in [9.17, 15) is 4.79 Å². The minimum Gasteiger partial charge on any atom is -0.342 e. The fourth-order valence-electron chi connectivity index (χ4n) is 4.14. The average molecular weight is 236 g/mol. The summed E-state index contributed by atoms with van der Waals surface area (Å²) in [6.07, 6.45) is 6.04. The second-order valence-electron chi connectivity index (χ2n) is 6.44. The molecule has 0 aromatic carbocycles. The van der Waals surface area contributed by atoms with Gasteiger partial charge >= 0.3 is 0 Å². The van der Waals surface area contributed by atoms with Gasteiger partial charge in [0.2, 0.25) is 5.91 Å². The Hall–Kier alpha value is -0.570. The number of piperidine rings is 1. The first-order valence-electron chi connectivity index (χ1n) is 7.21. The number of nitrogens with two attached hydrogens (primary N) is 1. The first-order valence-corrected chi connectivity index (χ1v) is 7.21. The topological polar surface area (TPSA) is 46.3 Å². The maximum atomic E-state index is 12.6. The van der Waals surface area contributed by atoms with E-state index >= 15 is 0 Å². The number of fused-ring (bicyclic) bond motifs is 2. The summed E-state index contributed by atoms with van der Waals surface area (Å²) in [5.74, 6) is 2.55. The normalized spacial score (nSPS) is 42.1. The largest absolute Gasteiger partial charge is 0.342 e. The molecule has 4 atom stereocenters. The lowest BCUT2D eigenvalue weighted by atomic mass is 9.83. The van der Waals surface area contributed by atoms with Gasteiger partial charge in [-0.1, -0.05) is 6.92 Å². The summed E-state index contributed by atoms with van der Waals surface area (Å²) in [5.41, 5.74) is 6.25. The highest BCUT2D eigenvalue weighted by Crippen LogP contribution is 2.48. The average Bonchev–Trinajstić information content (AvgIpc) is 2.89. The molecule has 2 aliphatic carbocycles. The van der Waals surface area contributed by atoms with E-state index < -0.39 is 0 Å². The Labute approximate surface area is 104 Å². The van der Waals surface area contributed by atoms with Crippen LogP contribution >= 0.6 is 0 Å². The number of hydrogen-bond donors (Lipinski definition) is 1. The van der Waals surface area contributed by atoms with Gasteiger partial charge in [-0.05, 0) is 49.9 Å². The Morgan fingerprint density at radius 2 is 1.76 bits per heavy atom. The summed E-state index contributed by atoms with van der Waals surface area (Å²) in [7, 11) is 0. The molecule has 3 fully saturated rings. The van der Waals surface area contributed by atoms with E-state index in [2.05, 4.69) is 11.8 Å². The second kappa shape index (κ2) is 4.27. The van der Waals surface area contributed by atoms with Crippen LogP contribution in [0.4, 0.5) is 0 Å². The molecule has 3 nitrogen and oxygen atoms in total. The number of carbonyl (C=O) groups excluding carboxylic acids is 1. The van der Waals surface area contributed by atoms with Crippen molar-refractivity contribution < 1.29 is 4.79 Å². The molecule has 0 radical (unpaired) electrons. The molecule has 0 spiro atoms. The van der Waals surface area contributed by atoms with Crippen molar-refractivity contribution in [1.82, 2.24) is 4.90 Å². The van der Waals surface area contributed by atoms with Crippen LogP contribution in [0.25, 0.3) is 0 Å². The van der Waals surface area contributed by atoms with Crippen LogP contribution in [0.3, 0.4) is 0 Å². The van der Waals surface area contributed by atoms with Crippen molar-refractivity contribution in [2.24, 2.45) is 29.4 Å². The zero-order valence-corrected chi connectivity index (χ0v) is 10.8. The maximum absolute atomic E-state index is 12.6. The van der Waals surface area contributed by atoms with Gasteiger partial charge in [0.1, 0.15) is 0 Å². The van der Waals surface area contributed by atoms with Crippen molar-refractivity contribution in [2.45, 2.75) is 45.1 Å². The van der Waals surface area contributed by atoms with Crippen molar-refractivity contribution >= 4 is 5.91 Å². The van der Waals surface area contributed by atoms with Crippen LogP contribution in [-0.2, 0) is 4.79 Å². The third-order valence-corrected chi connectivity index (χ3v) is 5.36. The standard InChI is InChI=1S/C14H24N2O/c1-9-4-6-16(7-5-9)14(17)12-10-2-3-11(8-10)13(12)15/h9-13H,2-8,15H2,1H3. The van der Waals surface area contributed by atoms with E-state index in [-0.39, 0.29) is 12.0 Å². The first kappa shape index (κ1) is 11.5. The number of likely N-dealkylation sites (tertiary alicyclic amines) is 1. The SMILES string of the molecule is CC1CCN(C(=O)C2C3CCC(C3)C2N)CC1. The lowest BCUT2D eigenvalue weighted by molar-refractivity contribution is -0.139. The minimum atomic E-state index is 0.153. The molecule has 3 heteroatoms. The monoisotopic (exact) mass is 236 g/mol. The van der Waals surface area contributed by atoms with Gasteiger partial charge < -0.3 is 10.6 Å². The Balaban J connectivity index is 1.66. The van der Waals surface area contributed by atoms with Crippen LogP contribution in [0.2, 0.25) is 0 Å². The molecule has 0 aromatic rings. The molecule has 2 bridgehead atoms. The quantitative estimate of drug-likeness (QED) is 0.752. The molecule has 1 heterocycles. The lowest BCUT2D eigenvalue weighted by Crippen LogP contribution is -2.49. The Morgan fingerprint density at radius 1 is 1.12 bits per heavy atom. The van der Waals surface area contributed by atoms with Gasteiger partial charge in [0, 0.05) is 19.1 Å². The summed E-state index contributed by atoms with van der Waals surface area (Å²) in [4.78, 5) is 14.6. The molecule has 2 N–H and O–H groups in total. The number of nitrogens with zero attached hydrogens (tertiary/aromatic N) is 1. The van der Waals surface area contributed by atoms with Crippen LogP contribution in [-0.4, -0.2) is 29.9 Å². The fourth-order valence-corrected chi connectivity index (χ4v) is 4.14. The molecule has 1 aliphatic heterocycles. The highest BCUT2D eigenvalue weighted by molar-refractivity contribution is 5.80. The predicted octanol–water partition coefficient (Wildman–Crippen LogP) is 1.62. The zero-order chi connectivity index (χ0) is 12.0. The first-order chi connectivity index (χ1) is 8.16. The predicted molar refractivity (Wildman–Crippen MR) is 67.3 cm³/mol. The minimum absolute atomic E-state index is 0.153. The Bertz CT molecular complexity index is 307. The number of hydrogen-bond acceptors (Lipinski definition) is 2. The third kappa shape index (κ3) is 1.88. The van der Waals surface area contributed by atoms with E-state index in [4.69, 9.17) is 5.73 Å². The van der Waals surface area contributed by atoms with Crippen molar-refractivity contribution in [2.75, 3.05) is 13.1 Å². The van der Waals surface area contributed by atoms with Gasteiger partial charge in [0.05, 0.1) is 5.92 Å². The molecular weight excluding hydrogens is 212 g/mol. The van der Waals surface area contributed by atoms with Crippen molar-refractivity contribution in [1.29, 1.82) is 0 Å². The summed E-state index contributed by atoms with van der Waals surface area (Å²) < 4.78 is 0. The van der Waals surface area contributed by atoms with E-state index in [1.54, 1.807) is 0 Å². The van der Waals surface area contributed by atoms with Gasteiger partial charge in [0.15, 0.2) is 0 Å². The maximum Gasteiger partial charge on any atom is 0.227 e. The molecule has 4 unspecified atom stereocenters. The van der Waals surface area contributed by atoms with E-state index in [1.807, 2.05) is 0 Å². The zero-order valence-electron chi connectivity index (χ0n) is 10.8. The summed E-state index contributed by atoms with van der Waals surface area (Å²) in [6, 6.07) is 0.153. The smallest absolute Gasteiger partial charge is 0.227 e. The highest BCUT2D eigenvalue weighted by Gasteiger charge is 2.50. The van der Waals surface area contributed by atoms with Crippen LogP contribution in [0.5, 0.6) is 0 Å². The molecule has 2 saturated carbocycles. The second-order valence-corrected chi connectivity index (χ2v) is 6.44. The lowest BCUT2D eigenvalue weighted by Gasteiger charge is -2.36. The van der Waals surface area contributed by atoms with Crippen molar-refractivity contribution in [3.63, 3.8) is 0 Å².